The maximum atomic E-state index is 11.0. The van der Waals surface area contributed by atoms with E-state index in [1.807, 2.05) is 30.3 Å². The van der Waals surface area contributed by atoms with Gasteiger partial charge < -0.3 is 15.5 Å². The molecule has 28 heavy (non-hydrogen) atoms. The van der Waals surface area contributed by atoms with E-state index in [4.69, 9.17) is 10.5 Å². The summed E-state index contributed by atoms with van der Waals surface area (Å²) < 4.78 is 30.0. The lowest BCUT2D eigenvalue weighted by atomic mass is 10.1. The van der Waals surface area contributed by atoms with Crippen molar-refractivity contribution in [3.05, 3.63) is 48.8 Å². The Kier molecular flexibility index (Phi) is 4.62. The Labute approximate surface area is 161 Å². The fraction of sp³-hybridized carbons (Fsp3) is 0.158. The molecule has 0 aliphatic heterocycles. The average Bonchev–Trinajstić information content (AvgIpc) is 3.02. The molecule has 9 heteroatoms. The quantitative estimate of drug-likeness (QED) is 0.429. The zero-order valence-electron chi connectivity index (χ0n) is 15.1. The number of pyridine rings is 2. The Morgan fingerprint density at radius 3 is 2.61 bits per heavy atom. The Morgan fingerprint density at radius 2 is 1.86 bits per heavy atom. The van der Waals surface area contributed by atoms with Crippen molar-refractivity contribution in [3.8, 4) is 16.9 Å². The number of nitrogens with two attached hydrogens (primary N) is 1. The highest BCUT2D eigenvalue weighted by molar-refractivity contribution is 7.88. The van der Waals surface area contributed by atoms with Gasteiger partial charge in [0.2, 0.25) is 10.0 Å². The van der Waals surface area contributed by atoms with E-state index in [1.165, 1.54) is 0 Å². The fourth-order valence-corrected chi connectivity index (χ4v) is 3.44. The number of hydrogen-bond donors (Lipinski definition) is 3. The molecule has 144 valence electrons. The van der Waals surface area contributed by atoms with E-state index in [9.17, 15) is 8.42 Å². The molecule has 8 nitrogen and oxygen atoms in total. The molecule has 0 saturated heterocycles. The minimum Gasteiger partial charge on any atom is -0.492 e. The number of nitrogen functional groups attached to an aromatic ring is 1. The molecule has 0 aliphatic carbocycles. The molecule has 0 saturated carbocycles. The van der Waals surface area contributed by atoms with E-state index in [0.29, 0.717) is 11.6 Å². The second-order valence-electron chi connectivity index (χ2n) is 6.44. The van der Waals surface area contributed by atoms with Crippen LogP contribution < -0.4 is 15.2 Å². The van der Waals surface area contributed by atoms with Gasteiger partial charge in [-0.05, 0) is 29.8 Å². The minimum atomic E-state index is -3.20. The van der Waals surface area contributed by atoms with Crippen molar-refractivity contribution in [1.29, 1.82) is 0 Å². The van der Waals surface area contributed by atoms with Crippen LogP contribution >= 0.6 is 0 Å². The highest BCUT2D eigenvalue weighted by atomic mass is 32.2. The third kappa shape index (κ3) is 3.90. The molecule has 0 spiro atoms. The maximum Gasteiger partial charge on any atom is 0.208 e. The first kappa shape index (κ1) is 18.2. The van der Waals surface area contributed by atoms with E-state index in [0.717, 1.165) is 39.3 Å². The minimum absolute atomic E-state index is 0.222. The standard InChI is InChI=1S/C19H19N5O3S/c1-28(25,26)23-6-7-27-14-4-2-12(3-5-14)13-8-16-15-9-18(20)21-11-17(15)24-19(16)22-10-13/h2-5,8-11,23H,6-7H2,1H3,(H2,20,21)(H,22,24). The molecule has 0 amide bonds. The molecule has 0 bridgehead atoms. The molecular weight excluding hydrogens is 378 g/mol. The average molecular weight is 397 g/mol. The smallest absolute Gasteiger partial charge is 0.208 e. The van der Waals surface area contributed by atoms with Crippen molar-refractivity contribution in [2.45, 2.75) is 0 Å². The molecule has 0 unspecified atom stereocenters. The van der Waals surface area contributed by atoms with E-state index in [2.05, 4.69) is 25.7 Å². The number of hydrogen-bond acceptors (Lipinski definition) is 6. The van der Waals surface area contributed by atoms with Gasteiger partial charge in [0.25, 0.3) is 0 Å². The van der Waals surface area contributed by atoms with Crippen molar-refractivity contribution in [2.24, 2.45) is 0 Å². The van der Waals surface area contributed by atoms with Gasteiger partial charge in [0, 0.05) is 29.1 Å². The van der Waals surface area contributed by atoms with Crippen LogP contribution in [0.3, 0.4) is 0 Å². The molecule has 0 aliphatic rings. The number of nitrogens with one attached hydrogen (secondary N) is 2. The first-order valence-corrected chi connectivity index (χ1v) is 10.5. The molecule has 1 aromatic carbocycles. The predicted octanol–water partition coefficient (Wildman–Crippen LogP) is 2.29. The van der Waals surface area contributed by atoms with E-state index in [-0.39, 0.29) is 13.2 Å². The number of nitrogens with zero attached hydrogens (tertiary/aromatic N) is 2. The number of anilines is 1. The topological polar surface area (TPSA) is 123 Å². The monoisotopic (exact) mass is 397 g/mol. The van der Waals surface area contributed by atoms with Gasteiger partial charge in [-0.25, -0.2) is 23.1 Å². The summed E-state index contributed by atoms with van der Waals surface area (Å²) in [4.78, 5) is 11.8. The zero-order valence-corrected chi connectivity index (χ0v) is 16.0. The van der Waals surface area contributed by atoms with Crippen LogP contribution in [-0.4, -0.2) is 42.8 Å². The van der Waals surface area contributed by atoms with Gasteiger partial charge in [-0.2, -0.15) is 0 Å². The summed E-state index contributed by atoms with van der Waals surface area (Å²) in [7, 11) is -3.20. The normalized spacial score (nSPS) is 11.9. The van der Waals surface area contributed by atoms with Crippen molar-refractivity contribution >= 4 is 37.8 Å². The maximum absolute atomic E-state index is 11.0. The summed E-state index contributed by atoms with van der Waals surface area (Å²) in [6.07, 6.45) is 4.63. The van der Waals surface area contributed by atoms with Crippen LogP contribution in [0.25, 0.3) is 33.1 Å². The number of H-pyrrole nitrogens is 1. The molecular formula is C19H19N5O3S. The van der Waals surface area contributed by atoms with Gasteiger partial charge >= 0.3 is 0 Å². The van der Waals surface area contributed by atoms with E-state index < -0.39 is 10.0 Å². The Hall–Kier alpha value is -3.17. The summed E-state index contributed by atoms with van der Waals surface area (Å²) in [5.74, 6) is 1.13. The van der Waals surface area contributed by atoms with Crippen molar-refractivity contribution in [1.82, 2.24) is 19.7 Å². The number of ether oxygens (including phenoxy) is 1. The summed E-state index contributed by atoms with van der Waals surface area (Å²) in [5, 5.41) is 1.96. The molecule has 3 aromatic heterocycles. The Bertz CT molecular complexity index is 1250. The fourth-order valence-electron chi connectivity index (χ4n) is 2.99. The number of benzene rings is 1. The van der Waals surface area contributed by atoms with Crippen molar-refractivity contribution in [3.63, 3.8) is 0 Å². The first-order chi connectivity index (χ1) is 13.4. The molecule has 3 heterocycles. The Balaban J connectivity index is 1.54. The molecule has 4 N–H and O–H groups in total. The SMILES string of the molecule is CS(=O)(=O)NCCOc1ccc(-c2cnc3[nH]c4cnc(N)cc4c3c2)cc1. The molecule has 0 fully saturated rings. The Morgan fingerprint density at radius 1 is 1.07 bits per heavy atom. The van der Waals surface area contributed by atoms with Crippen molar-refractivity contribution < 1.29 is 13.2 Å². The number of aromatic amines is 1. The van der Waals surface area contributed by atoms with Gasteiger partial charge in [-0.15, -0.1) is 0 Å². The van der Waals surface area contributed by atoms with Crippen LogP contribution in [0.2, 0.25) is 0 Å². The zero-order chi connectivity index (χ0) is 19.7. The predicted molar refractivity (Wildman–Crippen MR) is 110 cm³/mol. The van der Waals surface area contributed by atoms with E-state index >= 15 is 0 Å². The lowest BCUT2D eigenvalue weighted by Crippen LogP contribution is -2.26. The van der Waals surface area contributed by atoms with Crippen LogP contribution in [-0.2, 0) is 10.0 Å². The van der Waals surface area contributed by atoms with Gasteiger partial charge in [0.1, 0.15) is 23.8 Å². The molecule has 0 radical (unpaired) electrons. The lowest BCUT2D eigenvalue weighted by molar-refractivity contribution is 0.323. The van der Waals surface area contributed by atoms with Crippen LogP contribution in [0, 0.1) is 0 Å². The number of aromatic nitrogens is 3. The molecule has 0 atom stereocenters. The number of sulfonamides is 1. The van der Waals surface area contributed by atoms with Gasteiger partial charge in [0.15, 0.2) is 0 Å². The number of fused-ring (bicyclic) bond motifs is 3. The highest BCUT2D eigenvalue weighted by Gasteiger charge is 2.09. The highest BCUT2D eigenvalue weighted by Crippen LogP contribution is 2.29. The second-order valence-corrected chi connectivity index (χ2v) is 8.27. The van der Waals surface area contributed by atoms with Crippen LogP contribution in [0.5, 0.6) is 5.75 Å². The summed E-state index contributed by atoms with van der Waals surface area (Å²) >= 11 is 0. The largest absolute Gasteiger partial charge is 0.492 e. The lowest BCUT2D eigenvalue weighted by Gasteiger charge is -2.08. The van der Waals surface area contributed by atoms with Gasteiger partial charge in [-0.3, -0.25) is 0 Å². The van der Waals surface area contributed by atoms with Crippen LogP contribution in [0.1, 0.15) is 0 Å². The molecule has 4 aromatic rings. The summed E-state index contributed by atoms with van der Waals surface area (Å²) in [6, 6.07) is 11.5. The third-order valence-electron chi connectivity index (χ3n) is 4.28. The van der Waals surface area contributed by atoms with Crippen LogP contribution in [0.4, 0.5) is 5.82 Å². The van der Waals surface area contributed by atoms with Gasteiger partial charge in [-0.1, -0.05) is 12.1 Å². The number of rotatable bonds is 6. The van der Waals surface area contributed by atoms with Crippen molar-refractivity contribution in [2.75, 3.05) is 25.1 Å². The summed E-state index contributed by atoms with van der Waals surface area (Å²) in [5.41, 5.74) is 9.45. The second kappa shape index (κ2) is 7.10. The molecule has 4 rings (SSSR count). The third-order valence-corrected chi connectivity index (χ3v) is 5.01. The summed E-state index contributed by atoms with van der Waals surface area (Å²) in [6.45, 7) is 0.477. The van der Waals surface area contributed by atoms with Gasteiger partial charge in [0.05, 0.1) is 18.0 Å². The van der Waals surface area contributed by atoms with Crippen LogP contribution in [0.15, 0.2) is 48.8 Å². The van der Waals surface area contributed by atoms with E-state index in [1.54, 1.807) is 12.4 Å². The first-order valence-electron chi connectivity index (χ1n) is 8.60.